The Morgan fingerprint density at radius 3 is 2.45 bits per heavy atom. The Balaban J connectivity index is 3.20. The van der Waals surface area contributed by atoms with Crippen LogP contribution in [0.3, 0.4) is 0 Å². The highest BCUT2D eigenvalue weighted by atomic mass is 16.6. The highest BCUT2D eigenvalue weighted by molar-refractivity contribution is 5.76. The van der Waals surface area contributed by atoms with Crippen LogP contribution in [-0.4, -0.2) is 11.2 Å². The number of nitro benzene ring substituents is 1. The van der Waals surface area contributed by atoms with E-state index < -0.39 is 4.92 Å². The molecule has 0 N–H and O–H groups in total. The number of carbonyl (C=O) groups is 1. The van der Waals surface area contributed by atoms with Gasteiger partial charge in [-0.05, 0) is 23.8 Å². The Hall–Kier alpha value is -1.97. The van der Waals surface area contributed by atoms with Crippen molar-refractivity contribution in [2.75, 3.05) is 0 Å². The Morgan fingerprint density at radius 1 is 1.36 bits per heavy atom. The zero-order valence-electron chi connectivity index (χ0n) is 14.1. The molecule has 0 aliphatic heterocycles. The summed E-state index contributed by atoms with van der Waals surface area (Å²) in [6.07, 6.45) is 2.15. The molecule has 0 saturated carbocycles. The molecule has 0 bridgehead atoms. The van der Waals surface area contributed by atoms with Crippen LogP contribution < -0.4 is 0 Å². The molecule has 0 saturated heterocycles. The number of aldehydes is 1. The second kappa shape index (κ2) is 7.34. The summed E-state index contributed by atoms with van der Waals surface area (Å²) < 4.78 is 0. The first-order chi connectivity index (χ1) is 10.2. The molecule has 120 valence electrons. The number of rotatable bonds is 7. The summed E-state index contributed by atoms with van der Waals surface area (Å²) in [7, 11) is 0. The largest absolute Gasteiger partial charge is 0.298 e. The monoisotopic (exact) mass is 303 g/mol. The van der Waals surface area contributed by atoms with E-state index in [0.717, 1.165) is 18.3 Å². The molecule has 1 aromatic rings. The summed E-state index contributed by atoms with van der Waals surface area (Å²) >= 11 is 0. The first-order valence-electron chi connectivity index (χ1n) is 7.61. The fourth-order valence-electron chi connectivity index (χ4n) is 2.49. The molecule has 0 radical (unpaired) electrons. The third-order valence-electron chi connectivity index (χ3n) is 4.95. The van der Waals surface area contributed by atoms with E-state index in [1.807, 2.05) is 6.92 Å². The maximum atomic E-state index is 11.5. The molecule has 0 aromatic heterocycles. The molecule has 0 aliphatic rings. The van der Waals surface area contributed by atoms with Crippen molar-refractivity contribution in [1.29, 1.82) is 0 Å². The topological polar surface area (TPSA) is 60.2 Å². The Morgan fingerprint density at radius 2 is 1.95 bits per heavy atom. The van der Waals surface area contributed by atoms with Gasteiger partial charge < -0.3 is 0 Å². The maximum Gasteiger partial charge on any atom is 0.272 e. The fraction of sp³-hybridized carbons (Fsp3) is 0.500. The van der Waals surface area contributed by atoms with Gasteiger partial charge in [-0.15, -0.1) is 0 Å². The van der Waals surface area contributed by atoms with E-state index in [2.05, 4.69) is 27.7 Å². The van der Waals surface area contributed by atoms with Gasteiger partial charge in [-0.25, -0.2) is 0 Å². The van der Waals surface area contributed by atoms with E-state index in [4.69, 9.17) is 0 Å². The molecule has 1 unspecified atom stereocenters. The molecular formula is C18H25NO3. The molecule has 4 nitrogen and oxygen atoms in total. The zero-order valence-corrected chi connectivity index (χ0v) is 14.1. The first kappa shape index (κ1) is 18.1. The van der Waals surface area contributed by atoms with E-state index in [-0.39, 0.29) is 17.0 Å². The van der Waals surface area contributed by atoms with Gasteiger partial charge >= 0.3 is 0 Å². The number of allylic oxidation sites excluding steroid dienone is 2. The summed E-state index contributed by atoms with van der Waals surface area (Å²) in [5.41, 5.74) is 2.39. The fourth-order valence-corrected chi connectivity index (χ4v) is 2.49. The number of hydrogen-bond donors (Lipinski definition) is 0. The highest BCUT2D eigenvalue weighted by Gasteiger charge is 2.27. The second-order valence-corrected chi connectivity index (χ2v) is 6.45. The number of benzene rings is 1. The van der Waals surface area contributed by atoms with Gasteiger partial charge in [0.25, 0.3) is 5.69 Å². The lowest BCUT2D eigenvalue weighted by Gasteiger charge is -2.32. The third kappa shape index (κ3) is 4.03. The van der Waals surface area contributed by atoms with Gasteiger partial charge in [0.15, 0.2) is 0 Å². The molecule has 22 heavy (non-hydrogen) atoms. The van der Waals surface area contributed by atoms with Crippen molar-refractivity contribution in [2.24, 2.45) is 11.3 Å². The predicted molar refractivity (Wildman–Crippen MR) is 88.8 cm³/mol. The smallest absolute Gasteiger partial charge is 0.272 e. The number of nitro groups is 1. The number of carbonyl (C=O) groups excluding carboxylic acids is 1. The minimum atomic E-state index is -0.396. The van der Waals surface area contributed by atoms with Crippen LogP contribution in [0.2, 0.25) is 0 Å². The average Bonchev–Trinajstić information content (AvgIpc) is 2.51. The molecule has 1 aromatic carbocycles. The molecule has 0 spiro atoms. The summed E-state index contributed by atoms with van der Waals surface area (Å²) in [6, 6.07) is 6.60. The van der Waals surface area contributed by atoms with Gasteiger partial charge in [0.1, 0.15) is 6.29 Å². The van der Waals surface area contributed by atoms with Crippen LogP contribution in [0.5, 0.6) is 0 Å². The van der Waals surface area contributed by atoms with Crippen LogP contribution in [0.4, 0.5) is 5.69 Å². The Bertz CT molecular complexity index is 588. The van der Waals surface area contributed by atoms with Gasteiger partial charge in [0, 0.05) is 18.1 Å². The van der Waals surface area contributed by atoms with Gasteiger partial charge in [-0.2, -0.15) is 0 Å². The molecule has 0 aliphatic carbocycles. The molecule has 1 rings (SSSR count). The van der Waals surface area contributed by atoms with Crippen molar-refractivity contribution in [3.05, 3.63) is 51.1 Å². The lowest BCUT2D eigenvalue weighted by molar-refractivity contribution is -0.385. The van der Waals surface area contributed by atoms with Crippen molar-refractivity contribution in [1.82, 2.24) is 0 Å². The SMILES string of the molecule is CCC(C)(C)C(C)/C(C)=C(/C=O)Cc1ccccc1[N+](=O)[O-]. The van der Waals surface area contributed by atoms with Crippen LogP contribution in [0, 0.1) is 21.4 Å². The van der Waals surface area contributed by atoms with Gasteiger partial charge in [-0.3, -0.25) is 14.9 Å². The van der Waals surface area contributed by atoms with E-state index >= 15 is 0 Å². The molecule has 0 fully saturated rings. The van der Waals surface area contributed by atoms with Gasteiger partial charge in [-0.1, -0.05) is 57.9 Å². The molecule has 0 amide bonds. The maximum absolute atomic E-state index is 11.5. The highest BCUT2D eigenvalue weighted by Crippen LogP contribution is 2.36. The van der Waals surface area contributed by atoms with E-state index in [9.17, 15) is 14.9 Å². The lowest BCUT2D eigenvalue weighted by atomic mass is 9.73. The van der Waals surface area contributed by atoms with Crippen LogP contribution in [-0.2, 0) is 11.2 Å². The van der Waals surface area contributed by atoms with Crippen molar-refractivity contribution in [3.8, 4) is 0 Å². The van der Waals surface area contributed by atoms with Crippen LogP contribution in [0.25, 0.3) is 0 Å². The zero-order chi connectivity index (χ0) is 16.9. The summed E-state index contributed by atoms with van der Waals surface area (Å²) in [4.78, 5) is 22.2. The van der Waals surface area contributed by atoms with Gasteiger partial charge in [0.2, 0.25) is 0 Å². The molecular weight excluding hydrogens is 278 g/mol. The predicted octanol–water partition coefficient (Wildman–Crippen LogP) is 4.73. The number of nitrogens with zero attached hydrogens (tertiary/aromatic N) is 1. The van der Waals surface area contributed by atoms with E-state index in [1.165, 1.54) is 6.07 Å². The Labute approximate surface area is 132 Å². The lowest BCUT2D eigenvalue weighted by Crippen LogP contribution is -2.23. The first-order valence-corrected chi connectivity index (χ1v) is 7.61. The van der Waals surface area contributed by atoms with Crippen molar-refractivity contribution < 1.29 is 9.72 Å². The van der Waals surface area contributed by atoms with E-state index in [0.29, 0.717) is 17.6 Å². The standard InChI is InChI=1S/C18H25NO3/c1-6-18(4,5)14(3)13(2)16(12-20)11-15-9-7-8-10-17(15)19(21)22/h7-10,12,14H,6,11H2,1-5H3/b16-13+. The van der Waals surface area contributed by atoms with Crippen LogP contribution >= 0.6 is 0 Å². The van der Waals surface area contributed by atoms with Crippen molar-refractivity contribution >= 4 is 12.0 Å². The van der Waals surface area contributed by atoms with Gasteiger partial charge in [0.05, 0.1) is 4.92 Å². The molecule has 0 heterocycles. The number of para-hydroxylation sites is 1. The Kier molecular flexibility index (Phi) is 6.03. The third-order valence-corrected chi connectivity index (χ3v) is 4.95. The van der Waals surface area contributed by atoms with Crippen molar-refractivity contribution in [3.63, 3.8) is 0 Å². The molecule has 4 heteroatoms. The van der Waals surface area contributed by atoms with Crippen LogP contribution in [0.15, 0.2) is 35.4 Å². The summed E-state index contributed by atoms with van der Waals surface area (Å²) in [6.45, 7) is 10.6. The average molecular weight is 303 g/mol. The second-order valence-electron chi connectivity index (χ2n) is 6.45. The van der Waals surface area contributed by atoms with E-state index in [1.54, 1.807) is 18.2 Å². The summed E-state index contributed by atoms with van der Waals surface area (Å²) in [5.74, 6) is 0.237. The molecule has 1 atom stereocenters. The normalized spacial score (nSPS) is 14.2. The van der Waals surface area contributed by atoms with Crippen molar-refractivity contribution in [2.45, 2.75) is 47.5 Å². The number of hydrogen-bond acceptors (Lipinski definition) is 3. The van der Waals surface area contributed by atoms with Crippen LogP contribution in [0.1, 0.15) is 46.6 Å². The quantitative estimate of drug-likeness (QED) is 0.317. The summed E-state index contributed by atoms with van der Waals surface area (Å²) in [5, 5.41) is 11.1. The minimum absolute atomic E-state index is 0.0667. The minimum Gasteiger partial charge on any atom is -0.298 e.